The minimum atomic E-state index is -0.495. The lowest BCUT2D eigenvalue weighted by Gasteiger charge is -2.12. The third-order valence-corrected chi connectivity index (χ3v) is 4.79. The number of amides is 3. The number of allylic oxidation sites excluding steroid dienone is 2. The van der Waals surface area contributed by atoms with Crippen LogP contribution in [0.2, 0.25) is 0 Å². The summed E-state index contributed by atoms with van der Waals surface area (Å²) in [6.07, 6.45) is 3.56. The van der Waals surface area contributed by atoms with E-state index in [1.807, 2.05) is 43.3 Å². The van der Waals surface area contributed by atoms with Crippen molar-refractivity contribution in [3.05, 3.63) is 76.7 Å². The molecule has 1 aliphatic heterocycles. The molecule has 1 heterocycles. The van der Waals surface area contributed by atoms with Crippen molar-refractivity contribution in [1.82, 2.24) is 4.90 Å². The molecular weight excluding hydrogens is 376 g/mol. The van der Waals surface area contributed by atoms with Gasteiger partial charge in [0.1, 0.15) is 12.3 Å². The minimum Gasteiger partial charge on any atom is -0.508 e. The van der Waals surface area contributed by atoms with Gasteiger partial charge in [-0.3, -0.25) is 19.3 Å². The molecule has 3 rings (SSSR count). The average Bonchev–Trinajstić information content (AvgIpc) is 2.91. The molecule has 7 heteroatoms. The van der Waals surface area contributed by atoms with Gasteiger partial charge in [0.2, 0.25) is 5.91 Å². The zero-order valence-corrected chi connectivity index (χ0v) is 15.9. The second kappa shape index (κ2) is 8.58. The van der Waals surface area contributed by atoms with Crippen molar-refractivity contribution in [3.8, 4) is 5.75 Å². The van der Waals surface area contributed by atoms with E-state index in [0.717, 1.165) is 27.8 Å². The van der Waals surface area contributed by atoms with Gasteiger partial charge in [-0.1, -0.05) is 36.4 Å². The Morgan fingerprint density at radius 2 is 1.79 bits per heavy atom. The van der Waals surface area contributed by atoms with Crippen molar-refractivity contribution in [2.45, 2.75) is 6.92 Å². The first kappa shape index (κ1) is 19.4. The highest BCUT2D eigenvalue weighted by molar-refractivity contribution is 8.18. The highest BCUT2D eigenvalue weighted by Gasteiger charge is 2.36. The predicted molar refractivity (Wildman–Crippen MR) is 110 cm³/mol. The number of rotatable bonds is 5. The molecule has 1 saturated heterocycles. The molecule has 0 atom stereocenters. The molecule has 142 valence electrons. The molecule has 0 bridgehead atoms. The largest absolute Gasteiger partial charge is 0.508 e. The zero-order valence-electron chi connectivity index (χ0n) is 15.1. The van der Waals surface area contributed by atoms with Gasteiger partial charge in [-0.25, -0.2) is 0 Å². The van der Waals surface area contributed by atoms with Crippen molar-refractivity contribution in [3.63, 3.8) is 0 Å². The Bertz CT molecular complexity index is 966. The lowest BCUT2D eigenvalue weighted by molar-refractivity contribution is -0.127. The summed E-state index contributed by atoms with van der Waals surface area (Å²) in [5.74, 6) is -0.907. The van der Waals surface area contributed by atoms with Crippen LogP contribution in [-0.2, 0) is 9.59 Å². The van der Waals surface area contributed by atoms with Gasteiger partial charge in [0.25, 0.3) is 11.1 Å². The van der Waals surface area contributed by atoms with Gasteiger partial charge in [0, 0.05) is 5.69 Å². The van der Waals surface area contributed by atoms with Gasteiger partial charge in [-0.15, -0.1) is 0 Å². The summed E-state index contributed by atoms with van der Waals surface area (Å²) in [6.45, 7) is 1.48. The highest BCUT2D eigenvalue weighted by Crippen LogP contribution is 2.31. The minimum absolute atomic E-state index is 0.0769. The summed E-state index contributed by atoms with van der Waals surface area (Å²) < 4.78 is 0. The molecule has 0 saturated carbocycles. The number of hydrogen-bond donors (Lipinski definition) is 2. The smallest absolute Gasteiger partial charge is 0.294 e. The van der Waals surface area contributed by atoms with Gasteiger partial charge >= 0.3 is 0 Å². The van der Waals surface area contributed by atoms with Gasteiger partial charge in [-0.05, 0) is 60.2 Å². The highest BCUT2D eigenvalue weighted by atomic mass is 32.2. The van der Waals surface area contributed by atoms with Gasteiger partial charge < -0.3 is 10.4 Å². The number of carbonyl (C=O) groups excluding carboxylic acids is 3. The molecule has 0 unspecified atom stereocenters. The first-order chi connectivity index (χ1) is 13.4. The standard InChI is InChI=1S/C21H18N2O4S/c1-14(11-15-5-3-2-4-6-15)12-18-20(26)23(21(27)28-18)13-19(25)22-16-7-9-17(24)10-8-16/h2-12,24H,13H2,1H3,(H,22,25)/b14-11+,18-12-. The number of phenols is 1. The van der Waals surface area contributed by atoms with Crippen LogP contribution in [0.15, 0.2) is 71.2 Å². The van der Waals surface area contributed by atoms with Crippen LogP contribution in [0.4, 0.5) is 10.5 Å². The second-order valence-corrected chi connectivity index (χ2v) is 7.16. The van der Waals surface area contributed by atoms with Crippen molar-refractivity contribution in [2.75, 3.05) is 11.9 Å². The third kappa shape index (κ3) is 4.89. The molecule has 3 amide bonds. The number of anilines is 1. The van der Waals surface area contributed by atoms with E-state index >= 15 is 0 Å². The van der Waals surface area contributed by atoms with Crippen molar-refractivity contribution < 1.29 is 19.5 Å². The van der Waals surface area contributed by atoms with Gasteiger partial charge in [0.15, 0.2) is 0 Å². The Kier molecular flexibility index (Phi) is 5.96. The number of nitrogens with one attached hydrogen (secondary N) is 1. The molecule has 0 aromatic heterocycles. The second-order valence-electron chi connectivity index (χ2n) is 6.16. The number of imide groups is 1. The fraction of sp³-hybridized carbons (Fsp3) is 0.0952. The number of benzene rings is 2. The topological polar surface area (TPSA) is 86.7 Å². The summed E-state index contributed by atoms with van der Waals surface area (Å²) in [6, 6.07) is 15.5. The van der Waals surface area contributed by atoms with Crippen LogP contribution in [0, 0.1) is 0 Å². The molecular formula is C21H18N2O4S. The third-order valence-electron chi connectivity index (χ3n) is 3.88. The number of carbonyl (C=O) groups is 3. The molecule has 0 radical (unpaired) electrons. The summed E-state index contributed by atoms with van der Waals surface area (Å²) >= 11 is 0.816. The maximum Gasteiger partial charge on any atom is 0.294 e. The van der Waals surface area contributed by atoms with E-state index in [1.54, 1.807) is 6.08 Å². The number of thioether (sulfide) groups is 1. The molecule has 28 heavy (non-hydrogen) atoms. The van der Waals surface area contributed by atoms with Crippen LogP contribution >= 0.6 is 11.8 Å². The number of nitrogens with zero attached hydrogens (tertiary/aromatic N) is 1. The quantitative estimate of drug-likeness (QED) is 0.591. The normalized spacial score (nSPS) is 16.0. The van der Waals surface area contributed by atoms with E-state index in [0.29, 0.717) is 5.69 Å². The fourth-order valence-corrected chi connectivity index (χ4v) is 3.47. The van der Waals surface area contributed by atoms with E-state index in [1.165, 1.54) is 24.3 Å². The maximum atomic E-state index is 12.5. The first-order valence-electron chi connectivity index (χ1n) is 8.50. The van der Waals surface area contributed by atoms with E-state index < -0.39 is 17.1 Å². The van der Waals surface area contributed by atoms with Crippen LogP contribution < -0.4 is 5.32 Å². The zero-order chi connectivity index (χ0) is 20.1. The van der Waals surface area contributed by atoms with Crippen LogP contribution in [0.1, 0.15) is 12.5 Å². The Balaban J connectivity index is 1.66. The molecule has 0 aliphatic carbocycles. The molecule has 6 nitrogen and oxygen atoms in total. The summed E-state index contributed by atoms with van der Waals surface area (Å²) in [5, 5.41) is 11.4. The van der Waals surface area contributed by atoms with Crippen LogP contribution in [0.25, 0.3) is 6.08 Å². The van der Waals surface area contributed by atoms with Crippen molar-refractivity contribution in [1.29, 1.82) is 0 Å². The lowest BCUT2D eigenvalue weighted by Crippen LogP contribution is -2.36. The maximum absolute atomic E-state index is 12.5. The Hall–Kier alpha value is -3.32. The Morgan fingerprint density at radius 1 is 1.11 bits per heavy atom. The van der Waals surface area contributed by atoms with Crippen molar-refractivity contribution in [2.24, 2.45) is 0 Å². The van der Waals surface area contributed by atoms with Gasteiger partial charge in [0.05, 0.1) is 4.91 Å². The summed E-state index contributed by atoms with van der Waals surface area (Å²) in [5.41, 5.74) is 2.28. The number of hydrogen-bond acceptors (Lipinski definition) is 5. The van der Waals surface area contributed by atoms with E-state index in [-0.39, 0.29) is 17.2 Å². The fourth-order valence-electron chi connectivity index (χ4n) is 2.59. The van der Waals surface area contributed by atoms with Crippen LogP contribution in [-0.4, -0.2) is 33.6 Å². The molecule has 0 spiro atoms. The summed E-state index contributed by atoms with van der Waals surface area (Å²) in [4.78, 5) is 38.0. The Morgan fingerprint density at radius 3 is 2.46 bits per heavy atom. The van der Waals surface area contributed by atoms with E-state index in [4.69, 9.17) is 0 Å². The lowest BCUT2D eigenvalue weighted by atomic mass is 10.1. The number of phenolic OH excluding ortho intramolecular Hbond substituents is 1. The summed E-state index contributed by atoms with van der Waals surface area (Å²) in [7, 11) is 0. The average molecular weight is 394 g/mol. The SMILES string of the molecule is CC(/C=C1\SC(=O)N(CC(=O)Nc2ccc(O)cc2)C1=O)=C\c1ccccc1. The number of aromatic hydroxyl groups is 1. The molecule has 1 fully saturated rings. The van der Waals surface area contributed by atoms with Gasteiger partial charge in [-0.2, -0.15) is 0 Å². The van der Waals surface area contributed by atoms with Crippen LogP contribution in [0.3, 0.4) is 0 Å². The molecule has 1 aliphatic rings. The molecule has 2 aromatic carbocycles. The van der Waals surface area contributed by atoms with Crippen molar-refractivity contribution >= 4 is 40.6 Å². The molecule has 2 N–H and O–H groups in total. The molecule has 2 aromatic rings. The predicted octanol–water partition coefficient (Wildman–Crippen LogP) is 4.01. The van der Waals surface area contributed by atoms with E-state index in [2.05, 4.69) is 5.32 Å². The van der Waals surface area contributed by atoms with Crippen LogP contribution in [0.5, 0.6) is 5.75 Å². The van der Waals surface area contributed by atoms with E-state index in [9.17, 15) is 19.5 Å². The monoisotopic (exact) mass is 394 g/mol. The first-order valence-corrected chi connectivity index (χ1v) is 9.31. The Labute approximate surface area is 166 Å².